The minimum absolute atomic E-state index is 0. The summed E-state index contributed by atoms with van der Waals surface area (Å²) in [5, 5.41) is 3.08. The topological polar surface area (TPSA) is 50.4 Å². The van der Waals surface area contributed by atoms with Crippen molar-refractivity contribution in [1.29, 1.82) is 0 Å². The highest BCUT2D eigenvalue weighted by Gasteiger charge is 1.91. The van der Waals surface area contributed by atoms with Crippen LogP contribution in [-0.4, -0.2) is 12.9 Å². The number of nitrogens with two attached hydrogens (primary N) is 1. The Kier molecular flexibility index (Phi) is 10.1. The summed E-state index contributed by atoms with van der Waals surface area (Å²) in [7, 11) is 1.93. The normalized spacial score (nSPS) is 10.1. The van der Waals surface area contributed by atoms with Gasteiger partial charge in [-0.25, -0.2) is 4.99 Å². The first-order valence-electron chi connectivity index (χ1n) is 4.26. The van der Waals surface area contributed by atoms with Crippen molar-refractivity contribution in [3.05, 3.63) is 29.8 Å². The zero-order valence-corrected chi connectivity index (χ0v) is 12.3. The second-order valence-electron chi connectivity index (χ2n) is 2.95. The minimum Gasteiger partial charge on any atom is -0.387 e. The molecule has 0 saturated heterocycles. The van der Waals surface area contributed by atoms with Gasteiger partial charge in [-0.1, -0.05) is 12.1 Å². The fourth-order valence-corrected chi connectivity index (χ4v) is 1.10. The molecular weight excluding hydrogens is 322 g/mol. The van der Waals surface area contributed by atoms with Crippen LogP contribution in [0.1, 0.15) is 12.5 Å². The summed E-state index contributed by atoms with van der Waals surface area (Å²) in [6.45, 7) is 2.66. The van der Waals surface area contributed by atoms with E-state index in [0.717, 1.165) is 12.2 Å². The summed E-state index contributed by atoms with van der Waals surface area (Å²) >= 11 is 0. The van der Waals surface area contributed by atoms with E-state index < -0.39 is 0 Å². The summed E-state index contributed by atoms with van der Waals surface area (Å²) in [6, 6.07) is 8.00. The number of hydrogen-bond acceptors (Lipinski definition) is 2. The van der Waals surface area contributed by atoms with Gasteiger partial charge in [0.05, 0.1) is 11.5 Å². The zero-order chi connectivity index (χ0) is 9.68. The van der Waals surface area contributed by atoms with Crippen LogP contribution in [0.15, 0.2) is 29.3 Å². The molecule has 0 amide bonds. The van der Waals surface area contributed by atoms with Crippen molar-refractivity contribution in [3.63, 3.8) is 0 Å². The SMILES string of the molecule is Br.Br.CNCc1ccc(N=C(C)N)cc1. The summed E-state index contributed by atoms with van der Waals surface area (Å²) in [4.78, 5) is 4.13. The van der Waals surface area contributed by atoms with Gasteiger partial charge in [0.25, 0.3) is 0 Å². The second-order valence-corrected chi connectivity index (χ2v) is 2.95. The van der Waals surface area contributed by atoms with Crippen molar-refractivity contribution in [2.75, 3.05) is 7.05 Å². The molecule has 0 fully saturated rings. The van der Waals surface area contributed by atoms with Gasteiger partial charge >= 0.3 is 0 Å². The molecule has 1 aromatic carbocycles. The van der Waals surface area contributed by atoms with Gasteiger partial charge in [0.1, 0.15) is 0 Å². The average Bonchev–Trinajstić information content (AvgIpc) is 2.08. The lowest BCUT2D eigenvalue weighted by Gasteiger charge is -2.00. The Morgan fingerprint density at radius 1 is 1.27 bits per heavy atom. The summed E-state index contributed by atoms with van der Waals surface area (Å²) in [6.07, 6.45) is 0. The molecule has 1 aromatic rings. The van der Waals surface area contributed by atoms with Crippen LogP contribution >= 0.6 is 34.0 Å². The van der Waals surface area contributed by atoms with Gasteiger partial charge in [0, 0.05) is 6.54 Å². The predicted octanol–water partition coefficient (Wildman–Crippen LogP) is 2.57. The largest absolute Gasteiger partial charge is 0.387 e. The maximum absolute atomic E-state index is 5.46. The predicted molar refractivity (Wildman–Crippen MR) is 76.8 cm³/mol. The van der Waals surface area contributed by atoms with Crippen LogP contribution in [0, 0.1) is 0 Å². The van der Waals surface area contributed by atoms with Gasteiger partial charge in [-0.2, -0.15) is 0 Å². The van der Waals surface area contributed by atoms with E-state index in [-0.39, 0.29) is 34.0 Å². The van der Waals surface area contributed by atoms with Gasteiger partial charge in [0.2, 0.25) is 0 Å². The highest BCUT2D eigenvalue weighted by atomic mass is 79.9. The molecule has 0 radical (unpaired) electrons. The molecular formula is C10H17Br2N3. The van der Waals surface area contributed by atoms with Crippen molar-refractivity contribution < 1.29 is 0 Å². The Bertz CT molecular complexity index is 292. The van der Waals surface area contributed by atoms with Crippen molar-refractivity contribution >= 4 is 45.5 Å². The molecule has 0 aromatic heterocycles. The summed E-state index contributed by atoms with van der Waals surface area (Å²) in [5.41, 5.74) is 7.61. The minimum atomic E-state index is 0. The molecule has 0 heterocycles. The van der Waals surface area contributed by atoms with Crippen molar-refractivity contribution in [1.82, 2.24) is 5.32 Å². The van der Waals surface area contributed by atoms with Crippen molar-refractivity contribution in [3.8, 4) is 0 Å². The monoisotopic (exact) mass is 337 g/mol. The van der Waals surface area contributed by atoms with Gasteiger partial charge in [-0.3, -0.25) is 0 Å². The number of halogens is 2. The molecule has 1 rings (SSSR count). The van der Waals surface area contributed by atoms with Crippen LogP contribution < -0.4 is 11.1 Å². The van der Waals surface area contributed by atoms with Gasteiger partial charge in [-0.15, -0.1) is 34.0 Å². The maximum atomic E-state index is 5.46. The fraction of sp³-hybridized carbons (Fsp3) is 0.300. The number of nitrogens with zero attached hydrogens (tertiary/aromatic N) is 1. The van der Waals surface area contributed by atoms with Crippen LogP contribution in [0.2, 0.25) is 0 Å². The molecule has 0 unspecified atom stereocenters. The maximum Gasteiger partial charge on any atom is 0.0964 e. The smallest absolute Gasteiger partial charge is 0.0964 e. The first-order chi connectivity index (χ1) is 6.22. The Hall–Kier alpha value is -0.390. The average molecular weight is 339 g/mol. The van der Waals surface area contributed by atoms with E-state index in [0.29, 0.717) is 5.84 Å². The van der Waals surface area contributed by atoms with Crippen LogP contribution in [0.5, 0.6) is 0 Å². The van der Waals surface area contributed by atoms with Crippen molar-refractivity contribution in [2.24, 2.45) is 10.7 Å². The van der Waals surface area contributed by atoms with Gasteiger partial charge in [0.15, 0.2) is 0 Å². The first kappa shape index (κ1) is 17.0. The quantitative estimate of drug-likeness (QED) is 0.657. The van der Waals surface area contributed by atoms with Gasteiger partial charge in [-0.05, 0) is 31.7 Å². The molecule has 0 spiro atoms. The van der Waals surface area contributed by atoms with Crippen LogP contribution in [0.4, 0.5) is 5.69 Å². The Balaban J connectivity index is 0. The molecule has 15 heavy (non-hydrogen) atoms. The van der Waals surface area contributed by atoms with E-state index in [2.05, 4.69) is 10.3 Å². The third-order valence-electron chi connectivity index (χ3n) is 1.62. The number of rotatable bonds is 3. The third-order valence-corrected chi connectivity index (χ3v) is 1.62. The zero-order valence-electron chi connectivity index (χ0n) is 8.86. The summed E-state index contributed by atoms with van der Waals surface area (Å²) in [5.74, 6) is 0.585. The van der Waals surface area contributed by atoms with Gasteiger partial charge < -0.3 is 11.1 Å². The van der Waals surface area contributed by atoms with E-state index in [9.17, 15) is 0 Å². The highest BCUT2D eigenvalue weighted by molar-refractivity contribution is 8.93. The molecule has 0 atom stereocenters. The van der Waals surface area contributed by atoms with E-state index in [1.807, 2.05) is 31.3 Å². The molecule has 0 aliphatic carbocycles. The molecule has 0 bridgehead atoms. The van der Waals surface area contributed by atoms with E-state index in [4.69, 9.17) is 5.73 Å². The summed E-state index contributed by atoms with van der Waals surface area (Å²) < 4.78 is 0. The van der Waals surface area contributed by atoms with Crippen LogP contribution in [0.3, 0.4) is 0 Å². The number of nitrogens with one attached hydrogen (secondary N) is 1. The molecule has 0 aliphatic heterocycles. The lowest BCUT2D eigenvalue weighted by molar-refractivity contribution is 0.818. The van der Waals surface area contributed by atoms with Crippen LogP contribution in [-0.2, 0) is 6.54 Å². The number of benzene rings is 1. The first-order valence-corrected chi connectivity index (χ1v) is 4.26. The molecule has 3 N–H and O–H groups in total. The molecule has 5 heteroatoms. The Morgan fingerprint density at radius 3 is 2.20 bits per heavy atom. The van der Waals surface area contributed by atoms with E-state index in [1.165, 1.54) is 5.56 Å². The molecule has 3 nitrogen and oxygen atoms in total. The Morgan fingerprint density at radius 2 is 1.80 bits per heavy atom. The number of hydrogen-bond donors (Lipinski definition) is 2. The second kappa shape index (κ2) is 8.88. The van der Waals surface area contributed by atoms with Crippen LogP contribution in [0.25, 0.3) is 0 Å². The number of amidine groups is 1. The third kappa shape index (κ3) is 6.65. The van der Waals surface area contributed by atoms with Crippen molar-refractivity contribution in [2.45, 2.75) is 13.5 Å². The van der Waals surface area contributed by atoms with E-state index in [1.54, 1.807) is 6.92 Å². The fourth-order valence-electron chi connectivity index (χ4n) is 1.10. The molecule has 0 saturated carbocycles. The highest BCUT2D eigenvalue weighted by Crippen LogP contribution is 2.12. The lowest BCUT2D eigenvalue weighted by Crippen LogP contribution is -2.05. The van der Waals surface area contributed by atoms with E-state index >= 15 is 0 Å². The standard InChI is InChI=1S/C10H15N3.2BrH/c1-8(11)13-10-5-3-9(4-6-10)7-12-2;;/h3-6,12H,7H2,1-2H3,(H2,11,13);2*1H. The Labute approximate surface area is 112 Å². The lowest BCUT2D eigenvalue weighted by atomic mass is 10.2. The molecule has 86 valence electrons. The number of aliphatic imine (C=N–C) groups is 1. The molecule has 0 aliphatic rings.